The van der Waals surface area contributed by atoms with Gasteiger partial charge in [-0.2, -0.15) is 0 Å². The number of hydrogen-bond donors (Lipinski definition) is 2. The van der Waals surface area contributed by atoms with Crippen molar-refractivity contribution in [1.29, 1.82) is 0 Å². The normalized spacial score (nSPS) is 12.1. The van der Waals surface area contributed by atoms with Gasteiger partial charge < -0.3 is 16.0 Å². The second kappa shape index (κ2) is 10.8. The van der Waals surface area contributed by atoms with Crippen LogP contribution < -0.4 is 11.1 Å². The average molecular weight is 350 g/mol. The average Bonchev–Trinajstić information content (AvgIpc) is 2.35. The molecule has 6 heteroatoms. The fraction of sp³-hybridized carbons (Fsp3) is 0.562. The molecule has 0 spiro atoms. The van der Waals surface area contributed by atoms with Crippen LogP contribution in [0.1, 0.15) is 19.4 Å². The standard InChI is InChI=1S/C16H27N3O.2ClH/c1-16(2,12-19(3)4)11-18-15(20)14(17)10-13-8-6-5-7-9-13;;/h5-9,14H,10-12,17H2,1-4H3,(H,18,20);2*1H/t14-;;/m0../s1. The third kappa shape index (κ3) is 9.26. The molecular weight excluding hydrogens is 321 g/mol. The van der Waals surface area contributed by atoms with E-state index in [1.165, 1.54) is 0 Å². The molecule has 1 aromatic rings. The molecule has 22 heavy (non-hydrogen) atoms. The monoisotopic (exact) mass is 349 g/mol. The summed E-state index contributed by atoms with van der Waals surface area (Å²) in [6.45, 7) is 5.82. The van der Waals surface area contributed by atoms with Crippen molar-refractivity contribution in [2.24, 2.45) is 11.1 Å². The second-order valence-corrected chi connectivity index (χ2v) is 6.42. The summed E-state index contributed by atoms with van der Waals surface area (Å²) in [5.41, 5.74) is 7.08. The topological polar surface area (TPSA) is 58.4 Å². The molecule has 0 radical (unpaired) electrons. The molecule has 0 saturated heterocycles. The van der Waals surface area contributed by atoms with Gasteiger partial charge >= 0.3 is 0 Å². The zero-order valence-corrected chi connectivity index (χ0v) is 15.5. The summed E-state index contributed by atoms with van der Waals surface area (Å²) in [6.07, 6.45) is 0.570. The number of amides is 1. The molecule has 0 saturated carbocycles. The number of halogens is 2. The second-order valence-electron chi connectivity index (χ2n) is 6.42. The maximum absolute atomic E-state index is 12.0. The van der Waals surface area contributed by atoms with E-state index in [9.17, 15) is 4.79 Å². The zero-order chi connectivity index (χ0) is 15.2. The molecule has 0 unspecified atom stereocenters. The van der Waals surface area contributed by atoms with Crippen LogP contribution in [0, 0.1) is 5.41 Å². The summed E-state index contributed by atoms with van der Waals surface area (Å²) in [4.78, 5) is 14.2. The molecule has 0 aliphatic heterocycles. The molecule has 128 valence electrons. The Balaban J connectivity index is 0. The van der Waals surface area contributed by atoms with E-state index in [4.69, 9.17) is 5.73 Å². The molecule has 0 heterocycles. The lowest BCUT2D eigenvalue weighted by Crippen LogP contribution is -2.47. The van der Waals surface area contributed by atoms with Crippen molar-refractivity contribution < 1.29 is 4.79 Å². The number of nitrogens with zero attached hydrogens (tertiary/aromatic N) is 1. The summed E-state index contributed by atoms with van der Waals surface area (Å²) in [5.74, 6) is -0.0827. The Morgan fingerprint density at radius 1 is 1.23 bits per heavy atom. The van der Waals surface area contributed by atoms with Crippen LogP contribution in [0.2, 0.25) is 0 Å². The van der Waals surface area contributed by atoms with Crippen molar-refractivity contribution in [2.45, 2.75) is 26.3 Å². The first-order valence-corrected chi connectivity index (χ1v) is 7.02. The first kappa shape index (κ1) is 23.5. The highest BCUT2D eigenvalue weighted by Crippen LogP contribution is 2.14. The van der Waals surface area contributed by atoms with E-state index in [1.807, 2.05) is 44.4 Å². The number of benzene rings is 1. The molecule has 1 rings (SSSR count). The number of carbonyl (C=O) groups is 1. The van der Waals surface area contributed by atoms with Crippen molar-refractivity contribution in [3.8, 4) is 0 Å². The Kier molecular flexibility index (Phi) is 11.6. The Labute approximate surface area is 146 Å². The van der Waals surface area contributed by atoms with Gasteiger partial charge in [0, 0.05) is 13.1 Å². The quantitative estimate of drug-likeness (QED) is 0.792. The zero-order valence-electron chi connectivity index (χ0n) is 13.8. The molecule has 1 aromatic carbocycles. The lowest BCUT2D eigenvalue weighted by molar-refractivity contribution is -0.122. The van der Waals surface area contributed by atoms with Gasteiger partial charge in [0.1, 0.15) is 0 Å². The van der Waals surface area contributed by atoms with Crippen molar-refractivity contribution in [3.05, 3.63) is 35.9 Å². The molecule has 0 bridgehead atoms. The van der Waals surface area contributed by atoms with Crippen molar-refractivity contribution in [1.82, 2.24) is 10.2 Å². The Hall–Kier alpha value is -0.810. The molecule has 0 aliphatic carbocycles. The molecular formula is C16H29Cl2N3O. The first-order valence-electron chi connectivity index (χ1n) is 7.02. The number of nitrogens with one attached hydrogen (secondary N) is 1. The Bertz CT molecular complexity index is 425. The van der Waals surface area contributed by atoms with Crippen LogP contribution in [0.15, 0.2) is 30.3 Å². The number of hydrogen-bond acceptors (Lipinski definition) is 3. The van der Waals surface area contributed by atoms with Gasteiger partial charge in [-0.3, -0.25) is 4.79 Å². The smallest absolute Gasteiger partial charge is 0.237 e. The van der Waals surface area contributed by atoms with Crippen molar-refractivity contribution in [3.63, 3.8) is 0 Å². The van der Waals surface area contributed by atoms with Crippen LogP contribution >= 0.6 is 24.8 Å². The fourth-order valence-corrected chi connectivity index (χ4v) is 2.33. The summed E-state index contributed by atoms with van der Waals surface area (Å²) >= 11 is 0. The molecule has 0 aliphatic rings. The van der Waals surface area contributed by atoms with E-state index >= 15 is 0 Å². The summed E-state index contributed by atoms with van der Waals surface area (Å²) < 4.78 is 0. The predicted octanol–water partition coefficient (Wildman–Crippen LogP) is 2.10. The SMILES string of the molecule is CN(C)CC(C)(C)CNC(=O)[C@@H](N)Cc1ccccc1.Cl.Cl. The van der Waals surface area contributed by atoms with Crippen LogP contribution in [0.3, 0.4) is 0 Å². The summed E-state index contributed by atoms with van der Waals surface area (Å²) in [5, 5.41) is 2.96. The van der Waals surface area contributed by atoms with E-state index in [2.05, 4.69) is 24.1 Å². The number of carbonyl (C=O) groups excluding carboxylic acids is 1. The predicted molar refractivity (Wildman–Crippen MR) is 98.0 cm³/mol. The van der Waals surface area contributed by atoms with Gasteiger partial charge in [0.2, 0.25) is 5.91 Å². The minimum Gasteiger partial charge on any atom is -0.354 e. The Morgan fingerprint density at radius 3 is 2.27 bits per heavy atom. The number of rotatable bonds is 7. The van der Waals surface area contributed by atoms with E-state index in [0.717, 1.165) is 12.1 Å². The van der Waals surface area contributed by atoms with E-state index in [0.29, 0.717) is 13.0 Å². The first-order chi connectivity index (χ1) is 9.30. The fourth-order valence-electron chi connectivity index (χ4n) is 2.33. The third-order valence-corrected chi connectivity index (χ3v) is 3.12. The minimum atomic E-state index is -0.493. The molecule has 4 nitrogen and oxygen atoms in total. The van der Waals surface area contributed by atoms with Gasteiger partial charge in [0.25, 0.3) is 0 Å². The van der Waals surface area contributed by atoms with E-state index in [1.54, 1.807) is 0 Å². The van der Waals surface area contributed by atoms with Crippen LogP contribution in [0.5, 0.6) is 0 Å². The van der Waals surface area contributed by atoms with Gasteiger partial charge in [-0.25, -0.2) is 0 Å². The molecule has 0 fully saturated rings. The van der Waals surface area contributed by atoms with Gasteiger partial charge in [-0.1, -0.05) is 44.2 Å². The summed E-state index contributed by atoms with van der Waals surface area (Å²) in [7, 11) is 4.06. The highest BCUT2D eigenvalue weighted by molar-refractivity contribution is 5.85. The van der Waals surface area contributed by atoms with E-state index < -0.39 is 6.04 Å². The van der Waals surface area contributed by atoms with Crippen molar-refractivity contribution in [2.75, 3.05) is 27.2 Å². The van der Waals surface area contributed by atoms with Gasteiger partial charge in [0.05, 0.1) is 6.04 Å². The Morgan fingerprint density at radius 2 is 1.77 bits per heavy atom. The maximum Gasteiger partial charge on any atom is 0.237 e. The summed E-state index contributed by atoms with van der Waals surface area (Å²) in [6, 6.07) is 9.36. The van der Waals surface area contributed by atoms with E-state index in [-0.39, 0.29) is 36.1 Å². The molecule has 0 aromatic heterocycles. The van der Waals surface area contributed by atoms with Crippen LogP contribution in [-0.4, -0.2) is 44.0 Å². The number of nitrogens with two attached hydrogens (primary N) is 1. The lowest BCUT2D eigenvalue weighted by atomic mass is 9.92. The van der Waals surface area contributed by atoms with Gasteiger partial charge in [0.15, 0.2) is 0 Å². The molecule has 1 amide bonds. The maximum atomic E-state index is 12.0. The highest BCUT2D eigenvalue weighted by Gasteiger charge is 2.21. The largest absolute Gasteiger partial charge is 0.354 e. The molecule has 3 N–H and O–H groups in total. The lowest BCUT2D eigenvalue weighted by Gasteiger charge is -2.29. The van der Waals surface area contributed by atoms with Crippen LogP contribution in [0.4, 0.5) is 0 Å². The van der Waals surface area contributed by atoms with Crippen molar-refractivity contribution >= 4 is 30.7 Å². The molecule has 1 atom stereocenters. The minimum absolute atomic E-state index is 0. The van der Waals surface area contributed by atoms with Crippen LogP contribution in [-0.2, 0) is 11.2 Å². The van der Waals surface area contributed by atoms with Gasteiger partial charge in [-0.15, -0.1) is 24.8 Å². The van der Waals surface area contributed by atoms with Gasteiger partial charge in [-0.05, 0) is 31.5 Å². The van der Waals surface area contributed by atoms with Crippen LogP contribution in [0.25, 0.3) is 0 Å². The third-order valence-electron chi connectivity index (χ3n) is 3.12. The highest BCUT2D eigenvalue weighted by atomic mass is 35.5.